The first kappa shape index (κ1) is 18.2. The number of carbonyl (C=O) groups is 1. The van der Waals surface area contributed by atoms with Gasteiger partial charge in [0.15, 0.2) is 5.76 Å². The second-order valence-electron chi connectivity index (χ2n) is 6.78. The van der Waals surface area contributed by atoms with E-state index in [0.29, 0.717) is 32.5 Å². The Hall–Kier alpha value is -1.61. The van der Waals surface area contributed by atoms with Crippen LogP contribution in [0.2, 0.25) is 0 Å². The number of aromatic nitrogens is 1. The van der Waals surface area contributed by atoms with Crippen LogP contribution >= 0.6 is 0 Å². The van der Waals surface area contributed by atoms with Crippen molar-refractivity contribution >= 4 is 5.91 Å². The third kappa shape index (κ3) is 4.72. The van der Waals surface area contributed by atoms with Gasteiger partial charge in [0.1, 0.15) is 6.54 Å². The molecule has 25 heavy (non-hydrogen) atoms. The van der Waals surface area contributed by atoms with Gasteiger partial charge in [0.25, 0.3) is 0 Å². The number of nitrogens with zero attached hydrogens (tertiary/aromatic N) is 4. The molecule has 3 heterocycles. The van der Waals surface area contributed by atoms with Gasteiger partial charge in [0, 0.05) is 38.8 Å². The summed E-state index contributed by atoms with van der Waals surface area (Å²) in [5.74, 6) is 0.416. The molecule has 1 atom stereocenters. The number of rotatable bonds is 4. The lowest BCUT2D eigenvalue weighted by atomic mass is 10.0. The van der Waals surface area contributed by atoms with Gasteiger partial charge < -0.3 is 9.42 Å². The second-order valence-corrected chi connectivity index (χ2v) is 6.78. The number of hydrogen-bond acceptors (Lipinski definition) is 5. The minimum absolute atomic E-state index is 0.194. The Labute approximate surface area is 144 Å². The Bertz CT molecular complexity index is 596. The molecule has 0 unspecified atom stereocenters. The van der Waals surface area contributed by atoms with Gasteiger partial charge >= 0.3 is 6.18 Å². The molecule has 3 rings (SSSR count). The average Bonchev–Trinajstić information content (AvgIpc) is 2.94. The summed E-state index contributed by atoms with van der Waals surface area (Å²) in [6.45, 7) is 4.42. The van der Waals surface area contributed by atoms with Crippen molar-refractivity contribution in [2.45, 2.75) is 38.5 Å². The molecule has 1 aromatic heterocycles. The first-order valence-electron chi connectivity index (χ1n) is 8.56. The van der Waals surface area contributed by atoms with E-state index in [2.05, 4.69) is 10.1 Å². The fourth-order valence-corrected chi connectivity index (χ4v) is 3.58. The zero-order valence-electron chi connectivity index (χ0n) is 14.3. The van der Waals surface area contributed by atoms with E-state index in [4.69, 9.17) is 4.52 Å². The van der Waals surface area contributed by atoms with Crippen LogP contribution in [0.15, 0.2) is 10.6 Å². The predicted octanol–water partition coefficient (Wildman–Crippen LogP) is 1.65. The zero-order valence-corrected chi connectivity index (χ0v) is 14.3. The quantitative estimate of drug-likeness (QED) is 0.817. The molecule has 0 aromatic carbocycles. The summed E-state index contributed by atoms with van der Waals surface area (Å²) in [4.78, 5) is 17.6. The lowest BCUT2D eigenvalue weighted by Gasteiger charge is -2.42. The highest BCUT2D eigenvalue weighted by atomic mass is 19.4. The van der Waals surface area contributed by atoms with Crippen molar-refractivity contribution in [2.75, 3.05) is 39.3 Å². The molecule has 2 aliphatic rings. The normalized spacial score (nSPS) is 24.1. The SMILES string of the molecule is Cc1cc(CN2CCN([C@@H]3CCCN(CC(F)(F)F)C3=O)CC2)on1. The molecule has 2 saturated heterocycles. The van der Waals surface area contributed by atoms with Crippen LogP contribution in [-0.2, 0) is 11.3 Å². The average molecular weight is 360 g/mol. The predicted molar refractivity (Wildman–Crippen MR) is 83.7 cm³/mol. The number of likely N-dealkylation sites (tertiary alicyclic amines) is 1. The van der Waals surface area contributed by atoms with Gasteiger partial charge in [-0.3, -0.25) is 14.6 Å². The van der Waals surface area contributed by atoms with Crippen molar-refractivity contribution in [3.8, 4) is 0 Å². The second kappa shape index (κ2) is 7.33. The van der Waals surface area contributed by atoms with Crippen molar-refractivity contribution in [1.82, 2.24) is 19.9 Å². The fraction of sp³-hybridized carbons (Fsp3) is 0.750. The smallest absolute Gasteiger partial charge is 0.360 e. The molecule has 1 aromatic rings. The first-order chi connectivity index (χ1) is 11.8. The number of carbonyl (C=O) groups excluding carboxylic acids is 1. The van der Waals surface area contributed by atoms with Gasteiger partial charge in [-0.2, -0.15) is 13.2 Å². The Morgan fingerprint density at radius 3 is 2.56 bits per heavy atom. The van der Waals surface area contributed by atoms with E-state index in [-0.39, 0.29) is 12.5 Å². The van der Waals surface area contributed by atoms with Crippen molar-refractivity contribution in [1.29, 1.82) is 0 Å². The van der Waals surface area contributed by atoms with E-state index in [1.165, 1.54) is 0 Å². The molecule has 0 aliphatic carbocycles. The van der Waals surface area contributed by atoms with Crippen LogP contribution in [0.3, 0.4) is 0 Å². The molecule has 0 spiro atoms. The summed E-state index contributed by atoms with van der Waals surface area (Å²) < 4.78 is 43.1. The van der Waals surface area contributed by atoms with Crippen molar-refractivity contribution < 1.29 is 22.5 Å². The Kier molecular flexibility index (Phi) is 5.33. The minimum Gasteiger partial charge on any atom is -0.360 e. The largest absolute Gasteiger partial charge is 0.406 e. The highest BCUT2D eigenvalue weighted by Gasteiger charge is 2.39. The number of hydrogen-bond donors (Lipinski definition) is 0. The molecule has 9 heteroatoms. The fourth-order valence-electron chi connectivity index (χ4n) is 3.58. The summed E-state index contributed by atoms with van der Waals surface area (Å²) in [5.41, 5.74) is 0.839. The monoisotopic (exact) mass is 360 g/mol. The van der Waals surface area contributed by atoms with E-state index in [1.807, 2.05) is 17.9 Å². The van der Waals surface area contributed by atoms with Gasteiger partial charge in [-0.05, 0) is 19.8 Å². The highest BCUT2D eigenvalue weighted by Crippen LogP contribution is 2.24. The van der Waals surface area contributed by atoms with Crippen LogP contribution in [0.4, 0.5) is 13.2 Å². The maximum absolute atomic E-state index is 12.6. The van der Waals surface area contributed by atoms with Crippen LogP contribution < -0.4 is 0 Å². The molecule has 140 valence electrons. The van der Waals surface area contributed by atoms with Crippen LogP contribution in [0, 0.1) is 6.92 Å². The van der Waals surface area contributed by atoms with E-state index in [9.17, 15) is 18.0 Å². The maximum Gasteiger partial charge on any atom is 0.406 e. The van der Waals surface area contributed by atoms with Gasteiger partial charge in [0.2, 0.25) is 5.91 Å². The standard InChI is InChI=1S/C16H23F3N4O2/c1-12-9-13(25-20-12)10-21-5-7-22(8-6-21)14-3-2-4-23(15(14)24)11-16(17,18)19/h9,14H,2-8,10-11H2,1H3/t14-/m1/s1. The third-order valence-electron chi connectivity index (χ3n) is 4.78. The molecular formula is C16H23F3N4O2. The summed E-state index contributed by atoms with van der Waals surface area (Å²) in [7, 11) is 0. The molecule has 6 nitrogen and oxygen atoms in total. The van der Waals surface area contributed by atoms with Crippen LogP contribution in [0.1, 0.15) is 24.3 Å². The number of halogens is 3. The molecular weight excluding hydrogens is 337 g/mol. The number of aryl methyl sites for hydroxylation is 1. The van der Waals surface area contributed by atoms with Crippen LogP contribution in [0.5, 0.6) is 0 Å². The van der Waals surface area contributed by atoms with E-state index < -0.39 is 18.8 Å². The number of piperazine rings is 1. The molecule has 0 N–H and O–H groups in total. The van der Waals surface area contributed by atoms with Crippen molar-refractivity contribution in [3.63, 3.8) is 0 Å². The van der Waals surface area contributed by atoms with Gasteiger partial charge in [0.05, 0.1) is 18.3 Å². The number of piperidine rings is 1. The molecule has 2 aliphatic heterocycles. The van der Waals surface area contributed by atoms with Crippen LogP contribution in [0.25, 0.3) is 0 Å². The summed E-state index contributed by atoms with van der Waals surface area (Å²) in [6, 6.07) is 1.47. The van der Waals surface area contributed by atoms with E-state index in [0.717, 1.165) is 29.4 Å². The number of alkyl halides is 3. The Morgan fingerprint density at radius 2 is 1.96 bits per heavy atom. The molecule has 2 fully saturated rings. The lowest BCUT2D eigenvalue weighted by molar-refractivity contribution is -0.168. The molecule has 0 bridgehead atoms. The van der Waals surface area contributed by atoms with Crippen molar-refractivity contribution in [3.05, 3.63) is 17.5 Å². The van der Waals surface area contributed by atoms with Crippen LogP contribution in [-0.4, -0.2) is 77.3 Å². The van der Waals surface area contributed by atoms with E-state index in [1.54, 1.807) is 0 Å². The summed E-state index contributed by atoms with van der Waals surface area (Å²) in [5, 5.41) is 3.86. The highest BCUT2D eigenvalue weighted by molar-refractivity contribution is 5.82. The Morgan fingerprint density at radius 1 is 1.24 bits per heavy atom. The van der Waals surface area contributed by atoms with Gasteiger partial charge in [-0.15, -0.1) is 0 Å². The number of amides is 1. The topological polar surface area (TPSA) is 52.8 Å². The van der Waals surface area contributed by atoms with Crippen molar-refractivity contribution in [2.24, 2.45) is 0 Å². The van der Waals surface area contributed by atoms with Gasteiger partial charge in [-0.1, -0.05) is 5.16 Å². The van der Waals surface area contributed by atoms with E-state index >= 15 is 0 Å². The van der Waals surface area contributed by atoms with Gasteiger partial charge in [-0.25, -0.2) is 0 Å². The maximum atomic E-state index is 12.6. The lowest BCUT2D eigenvalue weighted by Crippen LogP contribution is -2.58. The Balaban J connectivity index is 1.52. The molecule has 0 saturated carbocycles. The summed E-state index contributed by atoms with van der Waals surface area (Å²) >= 11 is 0. The summed E-state index contributed by atoms with van der Waals surface area (Å²) in [6.07, 6.45) is -3.09. The molecule has 0 radical (unpaired) electrons. The minimum atomic E-state index is -4.34. The zero-order chi connectivity index (χ0) is 18.0. The molecule has 1 amide bonds. The first-order valence-corrected chi connectivity index (χ1v) is 8.56. The third-order valence-corrected chi connectivity index (χ3v) is 4.78.